The minimum absolute atomic E-state index is 0. The molecule has 2 bridgehead atoms. The van der Waals surface area contributed by atoms with E-state index in [0.717, 1.165) is 30.2 Å². The van der Waals surface area contributed by atoms with Crippen LogP contribution in [0.25, 0.3) is 0 Å². The summed E-state index contributed by atoms with van der Waals surface area (Å²) in [5, 5.41) is 3.62. The van der Waals surface area contributed by atoms with E-state index in [0.29, 0.717) is 24.4 Å². The van der Waals surface area contributed by atoms with Crippen molar-refractivity contribution in [3.05, 3.63) is 24.3 Å². The van der Waals surface area contributed by atoms with Crippen LogP contribution >= 0.6 is 24.2 Å². The van der Waals surface area contributed by atoms with Gasteiger partial charge in [-0.2, -0.15) is 0 Å². The quantitative estimate of drug-likeness (QED) is 0.823. The number of benzene rings is 1. The molecule has 2 heterocycles. The predicted octanol–water partition coefficient (Wildman–Crippen LogP) is 2.95. The Morgan fingerprint density at radius 1 is 1.26 bits per heavy atom. The number of nitrogens with zero attached hydrogens (tertiary/aromatic N) is 1. The summed E-state index contributed by atoms with van der Waals surface area (Å²) in [6.45, 7) is 4.43. The fourth-order valence-electron chi connectivity index (χ4n) is 3.20. The maximum absolute atomic E-state index is 12.4. The number of carbonyl (C=O) groups excluding carboxylic acids is 1. The lowest BCUT2D eigenvalue weighted by Crippen LogP contribution is -2.39. The van der Waals surface area contributed by atoms with E-state index in [2.05, 4.69) is 5.32 Å². The first-order valence-corrected chi connectivity index (χ1v) is 9.12. The van der Waals surface area contributed by atoms with Crippen molar-refractivity contribution in [2.24, 2.45) is 0 Å². The highest BCUT2D eigenvalue weighted by molar-refractivity contribution is 8.00. The minimum atomic E-state index is 0. The van der Waals surface area contributed by atoms with Gasteiger partial charge < -0.3 is 15.0 Å². The number of amides is 1. The first kappa shape index (κ1) is 18.4. The standard InChI is InChI=1S/C17H24N2O2S.ClH/c1-2-21-15-5-7-16(8-6-15)22-12-17(20)19-10-9-13-3-4-14(11-19)18-13;/h5-8,13-14,18H,2-4,9-12H2,1H3;1H. The lowest BCUT2D eigenvalue weighted by Gasteiger charge is -2.24. The minimum Gasteiger partial charge on any atom is -0.494 e. The van der Waals surface area contributed by atoms with Crippen molar-refractivity contribution in [2.75, 3.05) is 25.4 Å². The Bertz CT molecular complexity index is 512. The van der Waals surface area contributed by atoms with Crippen molar-refractivity contribution in [1.29, 1.82) is 0 Å². The fourth-order valence-corrected chi connectivity index (χ4v) is 4.01. The highest BCUT2D eigenvalue weighted by atomic mass is 35.5. The van der Waals surface area contributed by atoms with Crippen molar-refractivity contribution in [2.45, 2.75) is 43.2 Å². The average Bonchev–Trinajstić information content (AvgIpc) is 2.86. The number of carbonyl (C=O) groups is 1. The molecule has 2 fully saturated rings. The predicted molar refractivity (Wildman–Crippen MR) is 96.7 cm³/mol. The van der Waals surface area contributed by atoms with Gasteiger partial charge in [0.1, 0.15) is 5.75 Å². The molecule has 1 aromatic rings. The van der Waals surface area contributed by atoms with E-state index in [-0.39, 0.29) is 18.3 Å². The highest BCUT2D eigenvalue weighted by Gasteiger charge is 2.30. The third-order valence-corrected chi connectivity index (χ3v) is 5.37. The van der Waals surface area contributed by atoms with Crippen LogP contribution < -0.4 is 10.1 Å². The van der Waals surface area contributed by atoms with Gasteiger partial charge in [-0.3, -0.25) is 4.79 Å². The maximum Gasteiger partial charge on any atom is 0.232 e. The third-order valence-electron chi connectivity index (χ3n) is 4.37. The zero-order valence-corrected chi connectivity index (χ0v) is 15.1. The molecule has 2 aliphatic rings. The lowest BCUT2D eigenvalue weighted by atomic mass is 10.1. The molecular weight excluding hydrogens is 332 g/mol. The van der Waals surface area contributed by atoms with Gasteiger partial charge in [-0.15, -0.1) is 24.2 Å². The van der Waals surface area contributed by atoms with Crippen LogP contribution in [0.3, 0.4) is 0 Å². The normalized spacial score (nSPS) is 23.1. The van der Waals surface area contributed by atoms with Crippen molar-refractivity contribution >= 4 is 30.1 Å². The zero-order chi connectivity index (χ0) is 15.4. The number of fused-ring (bicyclic) bond motifs is 2. The average molecular weight is 357 g/mol. The van der Waals surface area contributed by atoms with Crippen molar-refractivity contribution < 1.29 is 9.53 Å². The first-order valence-electron chi connectivity index (χ1n) is 8.14. The van der Waals surface area contributed by atoms with Crippen LogP contribution in [0.5, 0.6) is 5.75 Å². The number of nitrogens with one attached hydrogen (secondary N) is 1. The molecule has 23 heavy (non-hydrogen) atoms. The summed E-state index contributed by atoms with van der Waals surface area (Å²) >= 11 is 1.61. The second kappa shape index (κ2) is 8.81. The van der Waals surface area contributed by atoms with Gasteiger partial charge in [-0.25, -0.2) is 0 Å². The molecule has 1 amide bonds. The van der Waals surface area contributed by atoms with Crippen molar-refractivity contribution in [3.8, 4) is 5.75 Å². The number of hydrogen-bond donors (Lipinski definition) is 1. The molecule has 1 N–H and O–H groups in total. The molecule has 0 aliphatic carbocycles. The van der Waals surface area contributed by atoms with Crippen LogP contribution in [0.2, 0.25) is 0 Å². The second-order valence-corrected chi connectivity index (χ2v) is 7.01. The smallest absolute Gasteiger partial charge is 0.232 e. The Kier molecular flexibility index (Phi) is 7.06. The van der Waals surface area contributed by atoms with Crippen molar-refractivity contribution in [3.63, 3.8) is 0 Å². The van der Waals surface area contributed by atoms with Crippen LogP contribution in [-0.2, 0) is 4.79 Å². The Morgan fingerprint density at radius 2 is 2.00 bits per heavy atom. The van der Waals surface area contributed by atoms with Crippen LogP contribution in [0.15, 0.2) is 29.2 Å². The summed E-state index contributed by atoms with van der Waals surface area (Å²) in [5.41, 5.74) is 0. The Balaban J connectivity index is 0.00000192. The molecule has 0 radical (unpaired) electrons. The topological polar surface area (TPSA) is 41.6 Å². The summed E-state index contributed by atoms with van der Waals surface area (Å²) in [5.74, 6) is 1.66. The first-order chi connectivity index (χ1) is 10.7. The van der Waals surface area contributed by atoms with E-state index in [1.54, 1.807) is 11.8 Å². The van der Waals surface area contributed by atoms with Gasteiger partial charge in [0.15, 0.2) is 0 Å². The van der Waals surface area contributed by atoms with Crippen LogP contribution in [0, 0.1) is 0 Å². The molecule has 0 spiro atoms. The van der Waals surface area contributed by atoms with E-state index in [1.807, 2.05) is 36.1 Å². The molecule has 2 atom stereocenters. The second-order valence-electron chi connectivity index (χ2n) is 5.96. The Hall–Kier alpha value is -0.910. The molecule has 0 aromatic heterocycles. The monoisotopic (exact) mass is 356 g/mol. The van der Waals surface area contributed by atoms with E-state index in [9.17, 15) is 4.79 Å². The summed E-state index contributed by atoms with van der Waals surface area (Å²) in [6, 6.07) is 9.11. The van der Waals surface area contributed by atoms with Gasteiger partial charge in [-0.1, -0.05) is 0 Å². The van der Waals surface area contributed by atoms with E-state index >= 15 is 0 Å². The number of halogens is 1. The molecule has 1 aromatic carbocycles. The van der Waals surface area contributed by atoms with E-state index < -0.39 is 0 Å². The number of ether oxygens (including phenoxy) is 1. The molecule has 3 rings (SSSR count). The third kappa shape index (κ3) is 5.03. The number of likely N-dealkylation sites (tertiary alicyclic amines) is 1. The van der Waals surface area contributed by atoms with Gasteiger partial charge in [0, 0.05) is 30.1 Å². The molecule has 2 aliphatic heterocycles. The van der Waals surface area contributed by atoms with Crippen LogP contribution in [0.1, 0.15) is 26.2 Å². The number of thioether (sulfide) groups is 1. The zero-order valence-electron chi connectivity index (χ0n) is 13.5. The maximum atomic E-state index is 12.4. The SMILES string of the molecule is CCOc1ccc(SCC(=O)N2CCC3CCC(C2)N3)cc1.Cl. The van der Waals surface area contributed by atoms with Gasteiger partial charge in [0.05, 0.1) is 12.4 Å². The largest absolute Gasteiger partial charge is 0.494 e. The molecular formula is C17H25ClN2O2S. The molecule has 6 heteroatoms. The fraction of sp³-hybridized carbons (Fsp3) is 0.588. The molecule has 0 saturated carbocycles. The van der Waals surface area contributed by atoms with E-state index in [4.69, 9.17) is 4.74 Å². The van der Waals surface area contributed by atoms with E-state index in [1.165, 1.54) is 12.8 Å². The van der Waals surface area contributed by atoms with Gasteiger partial charge >= 0.3 is 0 Å². The van der Waals surface area contributed by atoms with Crippen LogP contribution in [-0.4, -0.2) is 48.3 Å². The van der Waals surface area contributed by atoms with Gasteiger partial charge in [0.2, 0.25) is 5.91 Å². The van der Waals surface area contributed by atoms with Crippen molar-refractivity contribution in [1.82, 2.24) is 10.2 Å². The summed E-state index contributed by atoms with van der Waals surface area (Å²) < 4.78 is 5.43. The summed E-state index contributed by atoms with van der Waals surface area (Å²) in [7, 11) is 0. The van der Waals surface area contributed by atoms with Gasteiger partial charge in [-0.05, 0) is 50.5 Å². The van der Waals surface area contributed by atoms with Crippen LogP contribution in [0.4, 0.5) is 0 Å². The summed E-state index contributed by atoms with van der Waals surface area (Å²) in [4.78, 5) is 15.6. The Labute approximate surface area is 148 Å². The molecule has 128 valence electrons. The summed E-state index contributed by atoms with van der Waals surface area (Å²) in [6.07, 6.45) is 3.57. The molecule has 4 nitrogen and oxygen atoms in total. The number of hydrogen-bond acceptors (Lipinski definition) is 4. The van der Waals surface area contributed by atoms with Gasteiger partial charge in [0.25, 0.3) is 0 Å². The molecule has 2 unspecified atom stereocenters. The lowest BCUT2D eigenvalue weighted by molar-refractivity contribution is -0.128. The number of rotatable bonds is 5. The highest BCUT2D eigenvalue weighted by Crippen LogP contribution is 2.24. The molecule has 2 saturated heterocycles. The Morgan fingerprint density at radius 3 is 2.74 bits per heavy atom.